The van der Waals surface area contributed by atoms with E-state index in [0.29, 0.717) is 12.0 Å². The van der Waals surface area contributed by atoms with E-state index in [1.807, 2.05) is 6.07 Å². The molecule has 1 rings (SSSR count). The van der Waals surface area contributed by atoms with E-state index in [-0.39, 0.29) is 31.0 Å². The molecule has 0 aromatic heterocycles. The van der Waals surface area contributed by atoms with Gasteiger partial charge in [-0.3, -0.25) is 4.79 Å². The second-order valence-corrected chi connectivity index (χ2v) is 6.94. The van der Waals surface area contributed by atoms with Crippen molar-refractivity contribution < 1.29 is 23.1 Å². The largest absolute Gasteiger partial charge is 0.481 e. The fourth-order valence-corrected chi connectivity index (χ4v) is 2.98. The van der Waals surface area contributed by atoms with E-state index in [0.717, 1.165) is 0 Å². The minimum atomic E-state index is -3.29. The third-order valence-corrected chi connectivity index (χ3v) is 4.38. The normalized spacial score (nSPS) is 10.9. The van der Waals surface area contributed by atoms with E-state index in [9.17, 15) is 18.0 Å². The van der Waals surface area contributed by atoms with Crippen LogP contribution >= 0.6 is 0 Å². The van der Waals surface area contributed by atoms with Crippen LogP contribution in [0.25, 0.3) is 0 Å². The minimum Gasteiger partial charge on any atom is -0.481 e. The van der Waals surface area contributed by atoms with Gasteiger partial charge in [-0.15, -0.1) is 0 Å². The fourth-order valence-electron chi connectivity index (χ4n) is 1.72. The van der Waals surface area contributed by atoms with Crippen LogP contribution in [0, 0.1) is 0 Å². The predicted molar refractivity (Wildman–Crippen MR) is 82.2 cm³/mol. The third-order valence-electron chi connectivity index (χ3n) is 2.78. The predicted octanol–water partition coefficient (Wildman–Crippen LogP) is 0.765. The maximum atomic E-state index is 11.9. The van der Waals surface area contributed by atoms with Crippen LogP contribution in [0.4, 0.5) is 4.79 Å². The summed E-state index contributed by atoms with van der Waals surface area (Å²) in [5.41, 5.74) is 0.709. The van der Waals surface area contributed by atoms with Gasteiger partial charge in [-0.1, -0.05) is 30.3 Å². The van der Waals surface area contributed by atoms with Gasteiger partial charge < -0.3 is 15.7 Å². The maximum absolute atomic E-state index is 11.9. The first-order valence-electron chi connectivity index (χ1n) is 6.87. The first kappa shape index (κ1) is 18.0. The number of carbonyl (C=O) groups is 2. The number of benzene rings is 1. The highest BCUT2D eigenvalue weighted by molar-refractivity contribution is 7.90. The lowest BCUT2D eigenvalue weighted by molar-refractivity contribution is -0.137. The average Bonchev–Trinajstić information content (AvgIpc) is 2.44. The van der Waals surface area contributed by atoms with Gasteiger partial charge in [0.1, 0.15) is 0 Å². The summed E-state index contributed by atoms with van der Waals surface area (Å²) in [7, 11) is -3.29. The molecule has 0 saturated carbocycles. The lowest BCUT2D eigenvalue weighted by atomic mass is 10.2. The van der Waals surface area contributed by atoms with Crippen LogP contribution in [0.5, 0.6) is 0 Å². The van der Waals surface area contributed by atoms with E-state index < -0.39 is 21.8 Å². The number of urea groups is 1. The SMILES string of the molecule is O=C(O)CCCNC(=O)NCCS(=O)(=O)Cc1ccccc1. The van der Waals surface area contributed by atoms with Gasteiger partial charge in [0.25, 0.3) is 0 Å². The van der Waals surface area contributed by atoms with Crippen LogP contribution in [-0.4, -0.2) is 44.4 Å². The van der Waals surface area contributed by atoms with Crippen LogP contribution < -0.4 is 10.6 Å². The standard InChI is InChI=1S/C14H20N2O5S/c17-13(18)7-4-8-15-14(19)16-9-10-22(20,21)11-12-5-2-1-3-6-12/h1-3,5-6H,4,7-11H2,(H,17,18)(H2,15,16,19). The maximum Gasteiger partial charge on any atom is 0.314 e. The molecule has 0 fully saturated rings. The van der Waals surface area contributed by atoms with Gasteiger partial charge in [-0.25, -0.2) is 13.2 Å². The van der Waals surface area contributed by atoms with E-state index >= 15 is 0 Å². The van der Waals surface area contributed by atoms with Crippen molar-refractivity contribution in [1.29, 1.82) is 0 Å². The molecule has 0 heterocycles. The Labute approximate surface area is 129 Å². The fraction of sp³-hybridized carbons (Fsp3) is 0.429. The lowest BCUT2D eigenvalue weighted by Crippen LogP contribution is -2.38. The number of nitrogens with one attached hydrogen (secondary N) is 2. The molecule has 122 valence electrons. The Balaban J connectivity index is 2.22. The average molecular weight is 328 g/mol. The molecule has 22 heavy (non-hydrogen) atoms. The minimum absolute atomic E-state index is 0.0138. The second-order valence-electron chi connectivity index (χ2n) is 4.76. The summed E-state index contributed by atoms with van der Waals surface area (Å²) >= 11 is 0. The summed E-state index contributed by atoms with van der Waals surface area (Å²) in [4.78, 5) is 21.6. The summed E-state index contributed by atoms with van der Waals surface area (Å²) in [5.74, 6) is -1.13. The molecule has 1 aromatic carbocycles. The molecule has 0 saturated heterocycles. The molecule has 0 spiro atoms. The Morgan fingerprint density at radius 2 is 1.68 bits per heavy atom. The van der Waals surface area contributed by atoms with Gasteiger partial charge in [-0.05, 0) is 12.0 Å². The summed E-state index contributed by atoms with van der Waals surface area (Å²) < 4.78 is 23.8. The highest BCUT2D eigenvalue weighted by Crippen LogP contribution is 2.05. The number of sulfone groups is 1. The first-order valence-corrected chi connectivity index (χ1v) is 8.69. The quantitative estimate of drug-likeness (QED) is 0.579. The van der Waals surface area contributed by atoms with E-state index in [1.54, 1.807) is 24.3 Å². The molecule has 0 atom stereocenters. The van der Waals surface area contributed by atoms with Crippen molar-refractivity contribution >= 4 is 21.8 Å². The molecular weight excluding hydrogens is 308 g/mol. The molecular formula is C14H20N2O5S. The molecule has 0 aliphatic carbocycles. The monoisotopic (exact) mass is 328 g/mol. The highest BCUT2D eigenvalue weighted by Gasteiger charge is 2.12. The van der Waals surface area contributed by atoms with Crippen molar-refractivity contribution in [3.8, 4) is 0 Å². The lowest BCUT2D eigenvalue weighted by Gasteiger charge is -2.08. The number of carboxylic acids is 1. The number of carbonyl (C=O) groups excluding carboxylic acids is 1. The van der Waals surface area contributed by atoms with Crippen molar-refractivity contribution in [3.63, 3.8) is 0 Å². The molecule has 0 bridgehead atoms. The summed E-state index contributed by atoms with van der Waals surface area (Å²) in [6.45, 7) is 0.245. The zero-order chi connectivity index (χ0) is 16.4. The van der Waals surface area contributed by atoms with Crippen LogP contribution in [-0.2, 0) is 20.4 Å². The summed E-state index contributed by atoms with van der Waals surface area (Å²) in [6, 6.07) is 8.33. The summed E-state index contributed by atoms with van der Waals surface area (Å²) in [5, 5.41) is 13.3. The zero-order valence-electron chi connectivity index (χ0n) is 12.1. The molecule has 0 unspecified atom stereocenters. The molecule has 8 heteroatoms. The van der Waals surface area contributed by atoms with Crippen LogP contribution in [0.15, 0.2) is 30.3 Å². The Kier molecular flexibility index (Phi) is 7.38. The van der Waals surface area contributed by atoms with Gasteiger partial charge in [0.2, 0.25) is 0 Å². The van der Waals surface area contributed by atoms with E-state index in [4.69, 9.17) is 5.11 Å². The van der Waals surface area contributed by atoms with Gasteiger partial charge in [0.15, 0.2) is 9.84 Å². The zero-order valence-corrected chi connectivity index (χ0v) is 12.9. The van der Waals surface area contributed by atoms with Crippen molar-refractivity contribution in [2.45, 2.75) is 18.6 Å². The number of rotatable bonds is 9. The van der Waals surface area contributed by atoms with Crippen molar-refractivity contribution in [1.82, 2.24) is 10.6 Å². The second kappa shape index (κ2) is 9.04. The van der Waals surface area contributed by atoms with Crippen LogP contribution in [0.1, 0.15) is 18.4 Å². The summed E-state index contributed by atoms with van der Waals surface area (Å²) in [6.07, 6.45) is 0.306. The van der Waals surface area contributed by atoms with Crippen LogP contribution in [0.3, 0.4) is 0 Å². The molecule has 3 N–H and O–H groups in total. The van der Waals surface area contributed by atoms with Gasteiger partial charge in [0.05, 0.1) is 11.5 Å². The first-order chi connectivity index (χ1) is 10.4. The molecule has 0 aliphatic rings. The third kappa shape index (κ3) is 8.25. The van der Waals surface area contributed by atoms with Crippen LogP contribution in [0.2, 0.25) is 0 Å². The number of amides is 2. The Hall–Kier alpha value is -2.09. The number of aliphatic carboxylic acids is 1. The smallest absolute Gasteiger partial charge is 0.314 e. The number of carboxylic acid groups (broad SMARTS) is 1. The van der Waals surface area contributed by atoms with Gasteiger partial charge in [0, 0.05) is 19.5 Å². The van der Waals surface area contributed by atoms with Crippen molar-refractivity contribution in [3.05, 3.63) is 35.9 Å². The molecule has 1 aromatic rings. The van der Waals surface area contributed by atoms with Crippen molar-refractivity contribution in [2.75, 3.05) is 18.8 Å². The molecule has 0 radical (unpaired) electrons. The Bertz CT molecular complexity index is 587. The van der Waals surface area contributed by atoms with Gasteiger partial charge >= 0.3 is 12.0 Å². The highest BCUT2D eigenvalue weighted by atomic mass is 32.2. The Morgan fingerprint density at radius 3 is 2.32 bits per heavy atom. The van der Waals surface area contributed by atoms with Crippen molar-refractivity contribution in [2.24, 2.45) is 0 Å². The van der Waals surface area contributed by atoms with E-state index in [2.05, 4.69) is 10.6 Å². The van der Waals surface area contributed by atoms with Gasteiger partial charge in [-0.2, -0.15) is 0 Å². The number of hydrogen-bond donors (Lipinski definition) is 3. The van der Waals surface area contributed by atoms with E-state index in [1.165, 1.54) is 0 Å². The molecule has 2 amide bonds. The Morgan fingerprint density at radius 1 is 1.05 bits per heavy atom. The number of hydrogen-bond acceptors (Lipinski definition) is 4. The molecule has 7 nitrogen and oxygen atoms in total. The topological polar surface area (TPSA) is 113 Å². The molecule has 0 aliphatic heterocycles.